The number of nitrogens with zero attached hydrogens (tertiary/aromatic N) is 2. The normalized spacial score (nSPS) is 13.0. The molecule has 0 aliphatic rings. The maximum absolute atomic E-state index is 12.1. The highest BCUT2D eigenvalue weighted by Gasteiger charge is 2.33. The number of imidazole rings is 1. The molecule has 1 aromatic heterocycles. The number of hydrogen-bond donors (Lipinski definition) is 3. The van der Waals surface area contributed by atoms with E-state index in [4.69, 9.17) is 0 Å². The first-order chi connectivity index (χ1) is 15.2. The van der Waals surface area contributed by atoms with E-state index in [1.54, 1.807) is 42.7 Å². The molecule has 7 nitrogen and oxygen atoms in total. The minimum Gasteiger partial charge on any atom is -0.478 e. The van der Waals surface area contributed by atoms with E-state index < -0.39 is 17.5 Å². The molecule has 0 saturated heterocycles. The smallest absolute Gasteiger partial charge is 0.354 e. The third-order valence-electron chi connectivity index (χ3n) is 5.68. The van der Waals surface area contributed by atoms with Gasteiger partial charge in [0.2, 0.25) is 0 Å². The van der Waals surface area contributed by atoms with E-state index in [9.17, 15) is 24.9 Å². The summed E-state index contributed by atoms with van der Waals surface area (Å²) >= 11 is 0. The number of aromatic nitrogens is 2. The fourth-order valence-corrected chi connectivity index (χ4v) is 3.74. The Labute approximate surface area is 187 Å². The maximum Gasteiger partial charge on any atom is 0.354 e. The monoisotopic (exact) mass is 436 g/mol. The molecule has 3 N–H and O–H groups in total. The van der Waals surface area contributed by atoms with Crippen molar-refractivity contribution in [2.45, 2.75) is 52.2 Å². The first-order valence-corrected chi connectivity index (χ1v) is 10.7. The van der Waals surface area contributed by atoms with Crippen molar-refractivity contribution >= 4 is 11.9 Å². The van der Waals surface area contributed by atoms with Crippen LogP contribution in [0.4, 0.5) is 0 Å². The number of carboxylic acid groups (broad SMARTS) is 2. The molecule has 0 amide bonds. The minimum absolute atomic E-state index is 0.000555. The molecule has 0 spiro atoms. The van der Waals surface area contributed by atoms with Gasteiger partial charge in [0.25, 0.3) is 0 Å². The van der Waals surface area contributed by atoms with Crippen LogP contribution in [-0.4, -0.2) is 36.8 Å². The van der Waals surface area contributed by atoms with Gasteiger partial charge in [-0.3, -0.25) is 0 Å². The molecule has 0 radical (unpaired) electrons. The van der Waals surface area contributed by atoms with Crippen LogP contribution in [0.15, 0.2) is 48.5 Å². The van der Waals surface area contributed by atoms with E-state index in [0.29, 0.717) is 24.2 Å². The topological polar surface area (TPSA) is 113 Å². The number of aromatic carboxylic acids is 2. The summed E-state index contributed by atoms with van der Waals surface area (Å²) in [7, 11) is 0. The van der Waals surface area contributed by atoms with E-state index in [1.165, 1.54) is 0 Å². The van der Waals surface area contributed by atoms with Crippen LogP contribution in [0.1, 0.15) is 71.5 Å². The van der Waals surface area contributed by atoms with Crippen molar-refractivity contribution in [1.82, 2.24) is 9.55 Å². The molecule has 3 aromatic rings. The summed E-state index contributed by atoms with van der Waals surface area (Å²) in [5.74, 6) is -1.50. The van der Waals surface area contributed by atoms with E-state index in [0.717, 1.165) is 17.5 Å². The molecular weight excluding hydrogens is 408 g/mol. The maximum atomic E-state index is 12.1. The van der Waals surface area contributed by atoms with Gasteiger partial charge in [-0.1, -0.05) is 56.3 Å². The third kappa shape index (κ3) is 4.57. The molecule has 3 rings (SSSR count). The number of hydrogen-bond acceptors (Lipinski definition) is 4. The molecule has 0 aliphatic carbocycles. The lowest BCUT2D eigenvalue weighted by Crippen LogP contribution is -2.24. The quantitative estimate of drug-likeness (QED) is 0.453. The largest absolute Gasteiger partial charge is 0.478 e. The van der Waals surface area contributed by atoms with Gasteiger partial charge in [0.1, 0.15) is 17.1 Å². The van der Waals surface area contributed by atoms with Gasteiger partial charge in [-0.15, -0.1) is 0 Å². The number of aliphatic hydroxyl groups is 1. The zero-order valence-electron chi connectivity index (χ0n) is 18.5. The zero-order chi connectivity index (χ0) is 23.5. The molecular formula is C25H28N2O5. The number of carboxylic acids is 2. The molecule has 0 saturated carbocycles. The summed E-state index contributed by atoms with van der Waals surface area (Å²) in [6.07, 6.45) is 1.71. The Kier molecular flexibility index (Phi) is 6.79. The van der Waals surface area contributed by atoms with Gasteiger partial charge in [0.05, 0.1) is 5.56 Å². The Bertz CT molecular complexity index is 1130. The van der Waals surface area contributed by atoms with Crippen LogP contribution in [0.2, 0.25) is 0 Å². The Hall–Kier alpha value is -3.45. The Morgan fingerprint density at radius 2 is 1.66 bits per heavy atom. The standard InChI is InChI=1S/C25H28N2O5/c1-4-8-20-26-22(25(3,32)5-2)21(24(30)31)27(20)15-16-11-13-17(14-12-16)18-9-6-7-10-19(18)23(28)29/h6-7,9-14,32H,4-5,8,15H2,1-3H3,(H,28,29)(H,30,31). The van der Waals surface area contributed by atoms with Crippen molar-refractivity contribution in [3.8, 4) is 11.1 Å². The second-order valence-corrected chi connectivity index (χ2v) is 8.04. The predicted molar refractivity (Wildman–Crippen MR) is 121 cm³/mol. The fraction of sp³-hybridized carbons (Fsp3) is 0.320. The molecule has 2 aromatic carbocycles. The summed E-state index contributed by atoms with van der Waals surface area (Å²) in [6.45, 7) is 5.64. The molecule has 1 atom stereocenters. The van der Waals surface area contributed by atoms with Crippen molar-refractivity contribution in [1.29, 1.82) is 0 Å². The fourth-order valence-electron chi connectivity index (χ4n) is 3.74. The van der Waals surface area contributed by atoms with E-state index in [-0.39, 0.29) is 23.5 Å². The molecule has 1 heterocycles. The van der Waals surface area contributed by atoms with Gasteiger partial charge in [0, 0.05) is 13.0 Å². The highest BCUT2D eigenvalue weighted by molar-refractivity contribution is 5.96. The SMILES string of the molecule is CCCc1nc(C(C)(O)CC)c(C(=O)O)n1Cc1ccc(-c2ccccc2C(=O)O)cc1. The Morgan fingerprint density at radius 1 is 1.00 bits per heavy atom. The van der Waals surface area contributed by atoms with E-state index >= 15 is 0 Å². The molecule has 0 bridgehead atoms. The van der Waals surface area contributed by atoms with Crippen LogP contribution in [-0.2, 0) is 18.6 Å². The Morgan fingerprint density at radius 3 is 2.22 bits per heavy atom. The summed E-state index contributed by atoms with van der Waals surface area (Å²) in [5.41, 5.74) is 1.30. The lowest BCUT2D eigenvalue weighted by Gasteiger charge is -2.20. The number of aryl methyl sites for hydroxylation is 1. The van der Waals surface area contributed by atoms with Crippen LogP contribution >= 0.6 is 0 Å². The number of carbonyl (C=O) groups is 2. The molecule has 0 fully saturated rings. The van der Waals surface area contributed by atoms with Crippen LogP contribution in [0, 0.1) is 0 Å². The van der Waals surface area contributed by atoms with Crippen molar-refractivity contribution in [2.24, 2.45) is 0 Å². The van der Waals surface area contributed by atoms with Crippen LogP contribution in [0.3, 0.4) is 0 Å². The van der Waals surface area contributed by atoms with Crippen molar-refractivity contribution in [3.63, 3.8) is 0 Å². The van der Waals surface area contributed by atoms with Gasteiger partial charge in [-0.2, -0.15) is 0 Å². The number of benzene rings is 2. The molecule has 1 unspecified atom stereocenters. The summed E-state index contributed by atoms with van der Waals surface area (Å²) in [5, 5.41) is 30.1. The van der Waals surface area contributed by atoms with Crippen molar-refractivity contribution in [2.75, 3.05) is 0 Å². The van der Waals surface area contributed by atoms with Gasteiger partial charge < -0.3 is 19.9 Å². The first-order valence-electron chi connectivity index (χ1n) is 10.7. The second kappa shape index (κ2) is 9.36. The highest BCUT2D eigenvalue weighted by Crippen LogP contribution is 2.29. The van der Waals surface area contributed by atoms with E-state index in [1.807, 2.05) is 31.2 Å². The predicted octanol–water partition coefficient (Wildman–Crippen LogP) is 4.56. The lowest BCUT2D eigenvalue weighted by atomic mass is 9.97. The number of rotatable bonds is 9. The third-order valence-corrected chi connectivity index (χ3v) is 5.68. The highest BCUT2D eigenvalue weighted by atomic mass is 16.4. The lowest BCUT2D eigenvalue weighted by molar-refractivity contribution is 0.0441. The molecule has 32 heavy (non-hydrogen) atoms. The summed E-state index contributed by atoms with van der Waals surface area (Å²) in [4.78, 5) is 28.2. The van der Waals surface area contributed by atoms with Gasteiger partial charge in [-0.05, 0) is 42.5 Å². The van der Waals surface area contributed by atoms with Crippen molar-refractivity contribution in [3.05, 3.63) is 76.9 Å². The van der Waals surface area contributed by atoms with Crippen LogP contribution < -0.4 is 0 Å². The molecule has 7 heteroatoms. The zero-order valence-corrected chi connectivity index (χ0v) is 18.5. The first kappa shape index (κ1) is 23.2. The van der Waals surface area contributed by atoms with Crippen LogP contribution in [0.25, 0.3) is 11.1 Å². The van der Waals surface area contributed by atoms with E-state index in [2.05, 4.69) is 4.98 Å². The minimum atomic E-state index is -1.34. The second-order valence-electron chi connectivity index (χ2n) is 8.04. The molecule has 0 aliphatic heterocycles. The van der Waals surface area contributed by atoms with Gasteiger partial charge in [-0.25, -0.2) is 14.6 Å². The Balaban J connectivity index is 2.02. The average Bonchev–Trinajstić information content (AvgIpc) is 3.13. The van der Waals surface area contributed by atoms with Crippen molar-refractivity contribution < 1.29 is 24.9 Å². The van der Waals surface area contributed by atoms with Gasteiger partial charge in [0.15, 0.2) is 5.69 Å². The van der Waals surface area contributed by atoms with Crippen LogP contribution in [0.5, 0.6) is 0 Å². The summed E-state index contributed by atoms with van der Waals surface area (Å²) in [6, 6.07) is 14.2. The molecule has 168 valence electrons. The average molecular weight is 437 g/mol. The summed E-state index contributed by atoms with van der Waals surface area (Å²) < 4.78 is 1.66. The van der Waals surface area contributed by atoms with Gasteiger partial charge >= 0.3 is 11.9 Å².